The molecule has 0 aromatic heterocycles. The van der Waals surface area contributed by atoms with E-state index in [4.69, 9.17) is 26.3 Å². The van der Waals surface area contributed by atoms with E-state index in [2.05, 4.69) is 0 Å². The van der Waals surface area contributed by atoms with E-state index in [9.17, 15) is 9.90 Å². The largest absolute Gasteiger partial charge is 0.457 e. The highest BCUT2D eigenvalue weighted by Gasteiger charge is 2.62. The van der Waals surface area contributed by atoms with Crippen LogP contribution >= 0.6 is 11.6 Å². The Morgan fingerprint density at radius 3 is 2.63 bits per heavy atom. The lowest BCUT2D eigenvalue weighted by Crippen LogP contribution is -2.31. The summed E-state index contributed by atoms with van der Waals surface area (Å²) in [4.78, 5) is 13.3. The number of Topliss-reactive ketones (excluding diaryl/α,β-unsaturated/α-hetero) is 1. The smallest absolute Gasteiger partial charge is 0.149 e. The number of rotatable bonds is 4. The predicted molar refractivity (Wildman–Crippen MR) is 111 cm³/mol. The summed E-state index contributed by atoms with van der Waals surface area (Å²) in [6, 6.07) is 12.6. The second kappa shape index (κ2) is 7.39. The molecule has 2 aromatic rings. The summed E-state index contributed by atoms with van der Waals surface area (Å²) < 4.78 is 11.9. The Kier molecular flexibility index (Phi) is 4.82. The zero-order valence-corrected chi connectivity index (χ0v) is 17.3. The Hall–Kier alpha value is -2.39. The summed E-state index contributed by atoms with van der Waals surface area (Å²) in [5.41, 5.74) is 2.25. The summed E-state index contributed by atoms with van der Waals surface area (Å²) in [6.45, 7) is 2.04. The minimum absolute atomic E-state index is 0.00532. The van der Waals surface area contributed by atoms with Gasteiger partial charge in [-0.05, 0) is 54.7 Å². The molecule has 5 nitrogen and oxygen atoms in total. The number of aryl methyl sites for hydroxylation is 1. The van der Waals surface area contributed by atoms with Crippen molar-refractivity contribution in [3.05, 3.63) is 58.1 Å². The summed E-state index contributed by atoms with van der Waals surface area (Å²) in [5, 5.41) is 20.5. The van der Waals surface area contributed by atoms with Crippen LogP contribution in [0, 0.1) is 23.2 Å². The molecule has 0 radical (unpaired) electrons. The van der Waals surface area contributed by atoms with E-state index in [0.717, 1.165) is 30.4 Å². The Bertz CT molecular complexity index is 1060. The van der Waals surface area contributed by atoms with Crippen molar-refractivity contribution >= 4 is 17.4 Å². The van der Waals surface area contributed by atoms with Gasteiger partial charge in [0.1, 0.15) is 23.4 Å². The quantitative estimate of drug-likeness (QED) is 0.789. The molecule has 2 heterocycles. The molecule has 2 aliphatic heterocycles. The van der Waals surface area contributed by atoms with Gasteiger partial charge in [-0.3, -0.25) is 4.79 Å². The number of aliphatic hydroxyl groups excluding tert-OH is 1. The number of carbonyl (C=O) groups is 1. The van der Waals surface area contributed by atoms with Crippen LogP contribution in [0.25, 0.3) is 0 Å². The maximum Gasteiger partial charge on any atom is 0.149 e. The second-order valence-corrected chi connectivity index (χ2v) is 8.74. The lowest BCUT2D eigenvalue weighted by atomic mass is 9.81. The van der Waals surface area contributed by atoms with E-state index in [1.165, 1.54) is 0 Å². The molecule has 2 bridgehead atoms. The van der Waals surface area contributed by atoms with Gasteiger partial charge in [0.2, 0.25) is 0 Å². The number of ether oxygens (including phenoxy) is 2. The van der Waals surface area contributed by atoms with Crippen LogP contribution in [-0.4, -0.2) is 29.2 Å². The fraction of sp³-hybridized carbons (Fsp3) is 0.417. The number of nitriles is 1. The number of nitrogens with zero attached hydrogens (tertiary/aromatic N) is 1. The normalized spacial score (nSPS) is 31.6. The van der Waals surface area contributed by atoms with Gasteiger partial charge in [0.15, 0.2) is 0 Å². The van der Waals surface area contributed by atoms with Gasteiger partial charge in [-0.2, -0.15) is 5.26 Å². The summed E-state index contributed by atoms with van der Waals surface area (Å²) in [5.74, 6) is 0.321. The number of aliphatic hydroxyl groups is 1. The minimum Gasteiger partial charge on any atom is -0.457 e. The topological polar surface area (TPSA) is 79.5 Å². The molecule has 0 amide bonds. The molecule has 1 saturated carbocycles. The number of ketones is 1. The third kappa shape index (κ3) is 2.94. The maximum absolute atomic E-state index is 13.3. The molecular weight excluding hydrogens is 402 g/mol. The monoisotopic (exact) mass is 423 g/mol. The van der Waals surface area contributed by atoms with Crippen molar-refractivity contribution in [2.45, 2.75) is 50.4 Å². The molecule has 1 N–H and O–H groups in total. The van der Waals surface area contributed by atoms with E-state index in [1.807, 2.05) is 31.2 Å². The Morgan fingerprint density at radius 1 is 1.20 bits per heavy atom. The van der Waals surface area contributed by atoms with Crippen molar-refractivity contribution in [1.29, 1.82) is 5.26 Å². The molecule has 6 atom stereocenters. The van der Waals surface area contributed by atoms with Crippen molar-refractivity contribution < 1.29 is 19.4 Å². The number of carbonyl (C=O) groups excluding carboxylic acids is 1. The van der Waals surface area contributed by atoms with Crippen LogP contribution in [0.1, 0.15) is 42.4 Å². The molecule has 2 aromatic carbocycles. The van der Waals surface area contributed by atoms with Crippen LogP contribution in [0.4, 0.5) is 0 Å². The molecule has 5 rings (SSSR count). The summed E-state index contributed by atoms with van der Waals surface area (Å²) >= 11 is 6.11. The minimum atomic E-state index is -0.734. The van der Waals surface area contributed by atoms with Crippen LogP contribution in [0.3, 0.4) is 0 Å². The highest BCUT2D eigenvalue weighted by atomic mass is 35.5. The van der Waals surface area contributed by atoms with Crippen LogP contribution < -0.4 is 4.74 Å². The fourth-order valence-corrected chi connectivity index (χ4v) is 5.70. The van der Waals surface area contributed by atoms with Crippen molar-refractivity contribution in [1.82, 2.24) is 0 Å². The molecule has 6 heteroatoms. The van der Waals surface area contributed by atoms with Crippen molar-refractivity contribution in [2.24, 2.45) is 11.8 Å². The Balaban J connectivity index is 1.48. The van der Waals surface area contributed by atoms with E-state index < -0.39 is 12.0 Å². The molecule has 1 aliphatic carbocycles. The average Bonchev–Trinajstić information content (AvgIpc) is 3.42. The number of benzene rings is 2. The second-order valence-electron chi connectivity index (χ2n) is 8.33. The molecule has 6 unspecified atom stereocenters. The molecule has 2 saturated heterocycles. The van der Waals surface area contributed by atoms with Crippen molar-refractivity contribution in [2.75, 3.05) is 0 Å². The first-order valence-electron chi connectivity index (χ1n) is 10.4. The van der Waals surface area contributed by atoms with E-state index in [1.54, 1.807) is 18.2 Å². The van der Waals surface area contributed by atoms with Gasteiger partial charge in [-0.1, -0.05) is 24.6 Å². The lowest BCUT2D eigenvalue weighted by Gasteiger charge is -2.23. The summed E-state index contributed by atoms with van der Waals surface area (Å²) in [7, 11) is 0. The van der Waals surface area contributed by atoms with Gasteiger partial charge < -0.3 is 14.6 Å². The van der Waals surface area contributed by atoms with Gasteiger partial charge in [0, 0.05) is 12.0 Å². The van der Waals surface area contributed by atoms with Crippen LogP contribution in [0.15, 0.2) is 36.4 Å². The van der Waals surface area contributed by atoms with E-state index in [0.29, 0.717) is 22.1 Å². The predicted octanol–water partition coefficient (Wildman–Crippen LogP) is 4.39. The molecule has 3 aliphatic rings. The number of halogens is 1. The molecule has 3 fully saturated rings. The van der Waals surface area contributed by atoms with Gasteiger partial charge in [0.05, 0.1) is 40.7 Å². The molecule has 30 heavy (non-hydrogen) atoms. The van der Waals surface area contributed by atoms with Gasteiger partial charge in [-0.25, -0.2) is 0 Å². The number of fused-ring (bicyclic) bond motifs is 5. The van der Waals surface area contributed by atoms with Crippen LogP contribution in [-0.2, 0) is 16.0 Å². The first kappa shape index (κ1) is 19.6. The maximum atomic E-state index is 13.3. The summed E-state index contributed by atoms with van der Waals surface area (Å²) in [6.07, 6.45) is 1.80. The number of hydrogen-bond donors (Lipinski definition) is 1. The lowest BCUT2D eigenvalue weighted by molar-refractivity contribution is -0.124. The van der Waals surface area contributed by atoms with Crippen molar-refractivity contribution in [3.8, 4) is 17.6 Å². The highest BCUT2D eigenvalue weighted by molar-refractivity contribution is 6.31. The van der Waals surface area contributed by atoms with Crippen molar-refractivity contribution in [3.63, 3.8) is 0 Å². The van der Waals surface area contributed by atoms with Gasteiger partial charge in [-0.15, -0.1) is 0 Å². The first-order chi connectivity index (χ1) is 14.5. The highest BCUT2D eigenvalue weighted by Crippen LogP contribution is 2.54. The standard InChI is InChI=1S/C24H22ClNO4/c1-2-12-3-5-14(29-15-6-4-13(11-26)17(25)10-15)9-16(12)20-23(27)21-18-7-8-19(30-18)22(21)24(20)28/h3-6,9-10,18-23,27H,2,7-8H2,1H3. The zero-order chi connectivity index (χ0) is 21.0. The fourth-order valence-electron chi connectivity index (χ4n) is 5.49. The molecule has 0 spiro atoms. The van der Waals surface area contributed by atoms with Gasteiger partial charge >= 0.3 is 0 Å². The Labute approximate surface area is 180 Å². The first-order valence-corrected chi connectivity index (χ1v) is 10.8. The third-order valence-electron chi connectivity index (χ3n) is 6.83. The molecule has 154 valence electrons. The van der Waals surface area contributed by atoms with E-state index >= 15 is 0 Å². The van der Waals surface area contributed by atoms with Crippen LogP contribution in [0.2, 0.25) is 5.02 Å². The third-order valence-corrected chi connectivity index (χ3v) is 7.14. The van der Waals surface area contributed by atoms with E-state index in [-0.39, 0.29) is 29.8 Å². The SMILES string of the molecule is CCc1ccc(Oc2ccc(C#N)c(Cl)c2)cc1C1C(=O)C2C3CCC(O3)C2C1O. The average molecular weight is 424 g/mol. The zero-order valence-electron chi connectivity index (χ0n) is 16.5. The van der Waals surface area contributed by atoms with Crippen LogP contribution in [0.5, 0.6) is 11.5 Å². The van der Waals surface area contributed by atoms with Gasteiger partial charge in [0.25, 0.3) is 0 Å². The Morgan fingerprint density at radius 2 is 1.93 bits per heavy atom. The number of hydrogen-bond acceptors (Lipinski definition) is 5. The molecular formula is C24H22ClNO4.